The second-order valence-electron chi connectivity index (χ2n) is 3.81. The molecule has 0 bridgehead atoms. The molecule has 0 unspecified atom stereocenters. The van der Waals surface area contributed by atoms with Crippen LogP contribution in [0.3, 0.4) is 0 Å². The largest absolute Gasteiger partial charge is 0.352 e. The molecule has 0 spiro atoms. The number of aromatic nitrogens is 2. The van der Waals surface area contributed by atoms with Gasteiger partial charge in [0, 0.05) is 37.9 Å². The molecule has 1 saturated heterocycles. The van der Waals surface area contributed by atoms with Gasteiger partial charge in [-0.05, 0) is 13.0 Å². The fraction of sp³-hybridized carbons (Fsp3) is 0.600. The molecule has 5 nitrogen and oxygen atoms in total. The Morgan fingerprint density at radius 3 is 3.27 bits per heavy atom. The van der Waals surface area contributed by atoms with Crippen LogP contribution < -0.4 is 10.6 Å². The van der Waals surface area contributed by atoms with E-state index in [2.05, 4.69) is 15.6 Å². The van der Waals surface area contributed by atoms with Gasteiger partial charge in [0.15, 0.2) is 0 Å². The van der Waals surface area contributed by atoms with E-state index in [0.717, 1.165) is 19.5 Å². The van der Waals surface area contributed by atoms with Gasteiger partial charge in [-0.25, -0.2) is 4.98 Å². The Morgan fingerprint density at radius 2 is 2.60 bits per heavy atom. The van der Waals surface area contributed by atoms with Crippen molar-refractivity contribution < 1.29 is 4.79 Å². The number of nitrogens with one attached hydrogen (secondary N) is 2. The monoisotopic (exact) mass is 208 g/mol. The molecular weight excluding hydrogens is 192 g/mol. The molecule has 15 heavy (non-hydrogen) atoms. The first-order valence-corrected chi connectivity index (χ1v) is 5.30. The van der Waals surface area contributed by atoms with Gasteiger partial charge in [-0.2, -0.15) is 0 Å². The number of aryl methyl sites for hydroxylation is 1. The third kappa shape index (κ3) is 3.06. The van der Waals surface area contributed by atoms with Crippen LogP contribution in [0.4, 0.5) is 0 Å². The Hall–Kier alpha value is -1.36. The summed E-state index contributed by atoms with van der Waals surface area (Å²) in [6, 6.07) is 0.320. The van der Waals surface area contributed by atoms with Crippen molar-refractivity contribution in [2.45, 2.75) is 25.4 Å². The first-order valence-electron chi connectivity index (χ1n) is 5.30. The van der Waals surface area contributed by atoms with Gasteiger partial charge in [0.1, 0.15) is 0 Å². The van der Waals surface area contributed by atoms with Crippen molar-refractivity contribution in [3.8, 4) is 0 Å². The number of carbonyl (C=O) groups is 1. The highest BCUT2D eigenvalue weighted by Crippen LogP contribution is 1.98. The summed E-state index contributed by atoms with van der Waals surface area (Å²) >= 11 is 0. The van der Waals surface area contributed by atoms with Crippen LogP contribution in [0.2, 0.25) is 0 Å². The summed E-state index contributed by atoms with van der Waals surface area (Å²) in [5.41, 5.74) is 0. The Morgan fingerprint density at radius 1 is 1.67 bits per heavy atom. The molecule has 1 aliphatic rings. The molecule has 2 rings (SSSR count). The molecule has 1 atom stereocenters. The zero-order valence-corrected chi connectivity index (χ0v) is 8.65. The smallest absolute Gasteiger partial charge is 0.222 e. The minimum absolute atomic E-state index is 0.123. The van der Waals surface area contributed by atoms with E-state index in [1.807, 2.05) is 10.8 Å². The third-order valence-electron chi connectivity index (χ3n) is 2.58. The molecule has 0 aromatic carbocycles. The molecule has 2 heterocycles. The molecular formula is C10H16N4O. The average molecular weight is 208 g/mol. The predicted octanol–water partition coefficient (Wildman–Crippen LogP) is -0.249. The fourth-order valence-corrected chi connectivity index (χ4v) is 1.73. The zero-order valence-electron chi connectivity index (χ0n) is 8.65. The maximum Gasteiger partial charge on any atom is 0.222 e. The van der Waals surface area contributed by atoms with Crippen LogP contribution in [0, 0.1) is 0 Å². The highest BCUT2D eigenvalue weighted by atomic mass is 16.1. The molecule has 0 aliphatic carbocycles. The number of imidazole rings is 1. The summed E-state index contributed by atoms with van der Waals surface area (Å²) in [4.78, 5) is 15.4. The molecule has 1 aromatic rings. The standard InChI is InChI=1S/C10H16N4O/c15-10(13-9-1-3-11-7-9)2-5-14-6-4-12-8-14/h4,6,8-9,11H,1-3,5,7H2,(H,13,15)/t9-/m1/s1. The molecule has 1 aromatic heterocycles. The molecule has 5 heteroatoms. The molecule has 1 amide bonds. The lowest BCUT2D eigenvalue weighted by molar-refractivity contribution is -0.121. The number of rotatable bonds is 4. The quantitative estimate of drug-likeness (QED) is 0.717. The van der Waals surface area contributed by atoms with Gasteiger partial charge in [0.05, 0.1) is 6.33 Å². The van der Waals surface area contributed by atoms with Gasteiger partial charge >= 0.3 is 0 Å². The first kappa shape index (κ1) is 10.2. The number of hydrogen-bond acceptors (Lipinski definition) is 3. The summed E-state index contributed by atoms with van der Waals surface area (Å²) in [5, 5.41) is 6.22. The van der Waals surface area contributed by atoms with Gasteiger partial charge < -0.3 is 15.2 Å². The minimum Gasteiger partial charge on any atom is -0.352 e. The Labute approximate surface area is 88.9 Å². The summed E-state index contributed by atoms with van der Waals surface area (Å²) in [6.07, 6.45) is 6.87. The minimum atomic E-state index is 0.123. The molecule has 1 fully saturated rings. The summed E-state index contributed by atoms with van der Waals surface area (Å²) < 4.78 is 1.91. The number of amides is 1. The van der Waals surface area contributed by atoms with Crippen LogP contribution in [0.15, 0.2) is 18.7 Å². The van der Waals surface area contributed by atoms with Crippen molar-refractivity contribution in [2.24, 2.45) is 0 Å². The normalized spacial score (nSPS) is 20.4. The molecule has 0 saturated carbocycles. The molecule has 0 radical (unpaired) electrons. The number of hydrogen-bond donors (Lipinski definition) is 2. The van der Waals surface area contributed by atoms with Gasteiger partial charge in [-0.3, -0.25) is 4.79 Å². The van der Waals surface area contributed by atoms with Gasteiger partial charge in [0.25, 0.3) is 0 Å². The zero-order chi connectivity index (χ0) is 10.5. The lowest BCUT2D eigenvalue weighted by Crippen LogP contribution is -2.36. The van der Waals surface area contributed by atoms with Crippen molar-refractivity contribution in [1.29, 1.82) is 0 Å². The van der Waals surface area contributed by atoms with E-state index in [1.54, 1.807) is 12.5 Å². The van der Waals surface area contributed by atoms with E-state index in [4.69, 9.17) is 0 Å². The Bertz CT molecular complexity index is 303. The van der Waals surface area contributed by atoms with Crippen LogP contribution >= 0.6 is 0 Å². The maximum atomic E-state index is 11.5. The van der Waals surface area contributed by atoms with Crippen molar-refractivity contribution >= 4 is 5.91 Å². The van der Waals surface area contributed by atoms with E-state index in [0.29, 0.717) is 19.0 Å². The van der Waals surface area contributed by atoms with Gasteiger partial charge in [-0.15, -0.1) is 0 Å². The van der Waals surface area contributed by atoms with Crippen molar-refractivity contribution in [1.82, 2.24) is 20.2 Å². The predicted molar refractivity (Wildman–Crippen MR) is 56.3 cm³/mol. The Kier molecular flexibility index (Phi) is 3.34. The van der Waals surface area contributed by atoms with Crippen molar-refractivity contribution in [3.05, 3.63) is 18.7 Å². The van der Waals surface area contributed by atoms with Crippen molar-refractivity contribution in [2.75, 3.05) is 13.1 Å². The van der Waals surface area contributed by atoms with Crippen molar-refractivity contribution in [3.63, 3.8) is 0 Å². The van der Waals surface area contributed by atoms with E-state index >= 15 is 0 Å². The average Bonchev–Trinajstić information content (AvgIpc) is 2.86. The van der Waals surface area contributed by atoms with E-state index in [1.165, 1.54) is 0 Å². The highest BCUT2D eigenvalue weighted by Gasteiger charge is 2.15. The van der Waals surface area contributed by atoms with E-state index < -0.39 is 0 Å². The summed E-state index contributed by atoms with van der Waals surface area (Å²) in [6.45, 7) is 2.61. The van der Waals surface area contributed by atoms with Crippen LogP contribution in [0.25, 0.3) is 0 Å². The van der Waals surface area contributed by atoms with Gasteiger partial charge in [-0.1, -0.05) is 0 Å². The van der Waals surface area contributed by atoms with Crippen LogP contribution in [0.1, 0.15) is 12.8 Å². The van der Waals surface area contributed by atoms with Crippen LogP contribution in [-0.2, 0) is 11.3 Å². The molecule has 1 aliphatic heterocycles. The first-order chi connectivity index (χ1) is 7.34. The summed E-state index contributed by atoms with van der Waals surface area (Å²) in [5.74, 6) is 0.123. The summed E-state index contributed by atoms with van der Waals surface area (Å²) in [7, 11) is 0. The lowest BCUT2D eigenvalue weighted by atomic mass is 10.2. The Balaban J connectivity index is 1.68. The van der Waals surface area contributed by atoms with Crippen LogP contribution in [0.5, 0.6) is 0 Å². The fourth-order valence-electron chi connectivity index (χ4n) is 1.73. The second-order valence-corrected chi connectivity index (χ2v) is 3.81. The molecule has 82 valence electrons. The van der Waals surface area contributed by atoms with E-state index in [-0.39, 0.29) is 5.91 Å². The highest BCUT2D eigenvalue weighted by molar-refractivity contribution is 5.76. The topological polar surface area (TPSA) is 59.0 Å². The van der Waals surface area contributed by atoms with E-state index in [9.17, 15) is 4.79 Å². The number of nitrogens with zero attached hydrogens (tertiary/aromatic N) is 2. The van der Waals surface area contributed by atoms with Gasteiger partial charge in [0.2, 0.25) is 5.91 Å². The second kappa shape index (κ2) is 4.93. The lowest BCUT2D eigenvalue weighted by Gasteiger charge is -2.11. The third-order valence-corrected chi connectivity index (χ3v) is 2.58. The number of carbonyl (C=O) groups excluding carboxylic acids is 1. The maximum absolute atomic E-state index is 11.5. The molecule has 2 N–H and O–H groups in total. The van der Waals surface area contributed by atoms with Crippen LogP contribution in [-0.4, -0.2) is 34.6 Å². The SMILES string of the molecule is O=C(CCn1ccnc1)N[C@@H]1CCNC1.